The van der Waals surface area contributed by atoms with Gasteiger partial charge in [0.1, 0.15) is 11.9 Å². The number of hydrogen-bond donors (Lipinski definition) is 2. The average molecular weight is 367 g/mol. The van der Waals surface area contributed by atoms with Crippen molar-refractivity contribution in [2.24, 2.45) is 0 Å². The van der Waals surface area contributed by atoms with Gasteiger partial charge in [0.25, 0.3) is 10.0 Å². The summed E-state index contributed by atoms with van der Waals surface area (Å²) in [4.78, 5) is 22.2. The Morgan fingerprint density at radius 2 is 1.68 bits per heavy atom. The topological polar surface area (TPSA) is 112 Å². The summed E-state index contributed by atoms with van der Waals surface area (Å²) in [5, 5.41) is 18.3. The third-order valence-electron chi connectivity index (χ3n) is 3.43. The molecule has 2 rings (SSSR count). The smallest absolute Gasteiger partial charge is 0.335 e. The van der Waals surface area contributed by atoms with Gasteiger partial charge in [-0.1, -0.05) is 6.07 Å². The fourth-order valence-electron chi connectivity index (χ4n) is 2.17. The molecule has 132 valence electrons. The Morgan fingerprint density at radius 1 is 1.08 bits per heavy atom. The Hall–Kier alpha value is -2.94. The van der Waals surface area contributed by atoms with Crippen molar-refractivity contribution in [3.05, 3.63) is 59.9 Å². The maximum Gasteiger partial charge on any atom is 0.335 e. The minimum absolute atomic E-state index is 0.126. The number of halogens is 1. The predicted octanol–water partition coefficient (Wildman–Crippen LogP) is 2.19. The van der Waals surface area contributed by atoms with E-state index >= 15 is 0 Å². The van der Waals surface area contributed by atoms with Crippen LogP contribution in [0.2, 0.25) is 0 Å². The summed E-state index contributed by atoms with van der Waals surface area (Å²) in [5.41, 5.74) is -0.325. The van der Waals surface area contributed by atoms with Gasteiger partial charge in [-0.05, 0) is 49.4 Å². The van der Waals surface area contributed by atoms with Gasteiger partial charge in [-0.25, -0.2) is 22.4 Å². The highest BCUT2D eigenvalue weighted by Gasteiger charge is 2.33. The van der Waals surface area contributed by atoms with E-state index in [0.29, 0.717) is 4.31 Å². The molecule has 2 aromatic carbocycles. The van der Waals surface area contributed by atoms with Crippen LogP contribution >= 0.6 is 0 Å². The van der Waals surface area contributed by atoms with Crippen molar-refractivity contribution < 1.29 is 32.6 Å². The third kappa shape index (κ3) is 3.77. The molecule has 0 amide bonds. The number of carboxylic acid groups (broad SMARTS) is 2. The molecule has 0 aliphatic rings. The second kappa shape index (κ2) is 6.89. The van der Waals surface area contributed by atoms with E-state index in [4.69, 9.17) is 5.11 Å². The quantitative estimate of drug-likeness (QED) is 0.809. The first-order valence-corrected chi connectivity index (χ1v) is 8.45. The first-order valence-electron chi connectivity index (χ1n) is 7.01. The zero-order valence-corrected chi connectivity index (χ0v) is 13.8. The number of carboxylic acids is 2. The lowest BCUT2D eigenvalue weighted by molar-refractivity contribution is -0.137. The van der Waals surface area contributed by atoms with Gasteiger partial charge in [-0.2, -0.15) is 0 Å². The summed E-state index contributed by atoms with van der Waals surface area (Å²) in [7, 11) is -4.36. The second-order valence-corrected chi connectivity index (χ2v) is 6.94. The highest BCUT2D eigenvalue weighted by Crippen LogP contribution is 2.27. The van der Waals surface area contributed by atoms with E-state index in [1.807, 2.05) is 0 Å². The van der Waals surface area contributed by atoms with Gasteiger partial charge in [0, 0.05) is 0 Å². The highest BCUT2D eigenvalue weighted by atomic mass is 32.2. The zero-order chi connectivity index (χ0) is 18.8. The summed E-state index contributed by atoms with van der Waals surface area (Å²) in [6, 6.07) is 7.27. The number of sulfonamides is 1. The van der Waals surface area contributed by atoms with Crippen molar-refractivity contribution in [2.45, 2.75) is 17.9 Å². The van der Waals surface area contributed by atoms with Gasteiger partial charge in [0.15, 0.2) is 0 Å². The molecule has 2 aromatic rings. The SMILES string of the molecule is CC(C(=O)O)N(c1cccc(C(=O)O)c1)S(=O)(=O)c1ccc(F)cc1. The van der Waals surface area contributed by atoms with Crippen LogP contribution in [0, 0.1) is 5.82 Å². The van der Waals surface area contributed by atoms with Gasteiger partial charge in [-0.15, -0.1) is 0 Å². The maximum absolute atomic E-state index is 13.1. The number of anilines is 1. The Bertz CT molecular complexity index is 910. The lowest BCUT2D eigenvalue weighted by Gasteiger charge is -2.28. The summed E-state index contributed by atoms with van der Waals surface area (Å²) >= 11 is 0. The molecule has 0 spiro atoms. The molecule has 2 N–H and O–H groups in total. The van der Waals surface area contributed by atoms with Gasteiger partial charge < -0.3 is 10.2 Å². The molecule has 0 saturated heterocycles. The van der Waals surface area contributed by atoms with Crippen LogP contribution in [0.3, 0.4) is 0 Å². The average Bonchev–Trinajstić information content (AvgIpc) is 2.55. The molecular formula is C16H14FNO6S. The molecule has 0 aromatic heterocycles. The molecule has 0 saturated carbocycles. The Kier molecular flexibility index (Phi) is 5.07. The van der Waals surface area contributed by atoms with Gasteiger partial charge in [0.2, 0.25) is 0 Å². The lowest BCUT2D eigenvalue weighted by atomic mass is 10.2. The van der Waals surface area contributed by atoms with Crippen LogP contribution in [0.25, 0.3) is 0 Å². The number of rotatable bonds is 6. The van der Waals surface area contributed by atoms with E-state index in [-0.39, 0.29) is 16.1 Å². The molecule has 7 nitrogen and oxygen atoms in total. The molecule has 0 fully saturated rings. The van der Waals surface area contributed by atoms with E-state index in [1.165, 1.54) is 18.2 Å². The van der Waals surface area contributed by atoms with E-state index in [9.17, 15) is 27.5 Å². The number of nitrogens with zero attached hydrogens (tertiary/aromatic N) is 1. The Labute approximate surface area is 143 Å². The van der Waals surface area contributed by atoms with Gasteiger partial charge in [0.05, 0.1) is 16.1 Å². The van der Waals surface area contributed by atoms with Crippen LogP contribution in [0.15, 0.2) is 53.4 Å². The van der Waals surface area contributed by atoms with Gasteiger partial charge in [-0.3, -0.25) is 4.31 Å². The summed E-state index contributed by atoms with van der Waals surface area (Å²) < 4.78 is 39.4. The lowest BCUT2D eigenvalue weighted by Crippen LogP contribution is -2.43. The minimum atomic E-state index is -4.36. The Morgan fingerprint density at radius 3 is 2.20 bits per heavy atom. The van der Waals surface area contributed by atoms with Crippen molar-refractivity contribution in [2.75, 3.05) is 4.31 Å². The molecule has 1 atom stereocenters. The van der Waals surface area contributed by atoms with Crippen LogP contribution in [-0.4, -0.2) is 36.6 Å². The normalized spacial score (nSPS) is 12.4. The molecule has 0 radical (unpaired) electrons. The second-order valence-electron chi connectivity index (χ2n) is 5.12. The van der Waals surface area contributed by atoms with Crippen molar-refractivity contribution in [1.82, 2.24) is 0 Å². The van der Waals surface area contributed by atoms with Crippen LogP contribution < -0.4 is 4.31 Å². The minimum Gasteiger partial charge on any atom is -0.480 e. The molecule has 0 bridgehead atoms. The maximum atomic E-state index is 13.1. The molecule has 0 aliphatic carbocycles. The van der Waals surface area contributed by atoms with Crippen LogP contribution in [-0.2, 0) is 14.8 Å². The number of benzene rings is 2. The highest BCUT2D eigenvalue weighted by molar-refractivity contribution is 7.92. The van der Waals surface area contributed by atoms with E-state index < -0.39 is 33.8 Å². The predicted molar refractivity (Wildman–Crippen MR) is 86.6 cm³/mol. The molecule has 1 unspecified atom stereocenters. The summed E-state index contributed by atoms with van der Waals surface area (Å²) in [5.74, 6) is -3.36. The fraction of sp³-hybridized carbons (Fsp3) is 0.125. The first-order chi connectivity index (χ1) is 11.6. The van der Waals surface area contributed by atoms with Crippen molar-refractivity contribution in [1.29, 1.82) is 0 Å². The number of carbonyl (C=O) groups is 2. The molecule has 0 heterocycles. The van der Waals surface area contributed by atoms with Crippen molar-refractivity contribution >= 4 is 27.6 Å². The van der Waals surface area contributed by atoms with E-state index in [0.717, 1.165) is 37.3 Å². The van der Waals surface area contributed by atoms with Crippen molar-refractivity contribution in [3.8, 4) is 0 Å². The van der Waals surface area contributed by atoms with E-state index in [2.05, 4.69) is 0 Å². The van der Waals surface area contributed by atoms with Gasteiger partial charge >= 0.3 is 11.9 Å². The van der Waals surface area contributed by atoms with E-state index in [1.54, 1.807) is 0 Å². The zero-order valence-electron chi connectivity index (χ0n) is 13.0. The molecule has 0 aliphatic heterocycles. The number of hydrogen-bond acceptors (Lipinski definition) is 4. The first kappa shape index (κ1) is 18.4. The standard InChI is InChI=1S/C16H14FNO6S/c1-10(15(19)20)18(13-4-2-3-11(9-13)16(21)22)25(23,24)14-7-5-12(17)6-8-14/h2-10H,1H3,(H,19,20)(H,21,22). The number of aromatic carboxylic acids is 1. The summed E-state index contributed by atoms with van der Waals surface area (Å²) in [6.07, 6.45) is 0. The monoisotopic (exact) mass is 367 g/mol. The fourth-order valence-corrected chi connectivity index (χ4v) is 3.77. The molecule has 9 heteroatoms. The largest absolute Gasteiger partial charge is 0.480 e. The van der Waals surface area contributed by atoms with Crippen LogP contribution in [0.4, 0.5) is 10.1 Å². The van der Waals surface area contributed by atoms with Crippen LogP contribution in [0.5, 0.6) is 0 Å². The van der Waals surface area contributed by atoms with Crippen molar-refractivity contribution in [3.63, 3.8) is 0 Å². The Balaban J connectivity index is 2.64. The third-order valence-corrected chi connectivity index (χ3v) is 5.34. The van der Waals surface area contributed by atoms with Crippen LogP contribution in [0.1, 0.15) is 17.3 Å². The molecule has 25 heavy (non-hydrogen) atoms. The summed E-state index contributed by atoms with van der Waals surface area (Å²) in [6.45, 7) is 1.15. The molecular weight excluding hydrogens is 353 g/mol. The number of aliphatic carboxylic acids is 1.